The van der Waals surface area contributed by atoms with Gasteiger partial charge in [-0.1, -0.05) is 0 Å². The average molecular weight is 267 g/mol. The first-order valence-corrected chi connectivity index (χ1v) is 7.98. The van der Waals surface area contributed by atoms with Crippen LogP contribution in [0.4, 0.5) is 0 Å². The van der Waals surface area contributed by atoms with Gasteiger partial charge in [0.2, 0.25) is 0 Å². The summed E-state index contributed by atoms with van der Waals surface area (Å²) in [4.78, 5) is 0. The Bertz CT molecular complexity index is 309. The predicted octanol–water partition coefficient (Wildman–Crippen LogP) is 1.69. The molecule has 108 valence electrons. The van der Waals surface area contributed by atoms with Crippen molar-refractivity contribution in [2.75, 3.05) is 26.4 Å². The van der Waals surface area contributed by atoms with E-state index in [1.54, 1.807) is 0 Å². The van der Waals surface area contributed by atoms with Gasteiger partial charge in [0.15, 0.2) is 5.79 Å². The molecule has 2 heterocycles. The highest BCUT2D eigenvalue weighted by Gasteiger charge is 2.44. The highest BCUT2D eigenvalue weighted by Crippen LogP contribution is 2.44. The topological polar surface area (TPSA) is 39.7 Å². The lowest BCUT2D eigenvalue weighted by Crippen LogP contribution is -2.41. The maximum Gasteiger partial charge on any atom is 0.173 e. The first-order valence-electron chi connectivity index (χ1n) is 7.98. The predicted molar refractivity (Wildman–Crippen MR) is 70.8 cm³/mol. The zero-order chi connectivity index (χ0) is 12.7. The summed E-state index contributed by atoms with van der Waals surface area (Å²) in [6.45, 7) is 3.25. The number of rotatable bonds is 5. The van der Waals surface area contributed by atoms with E-state index in [4.69, 9.17) is 14.2 Å². The molecule has 4 aliphatic rings. The standard InChI is InChI=1S/C15H25NO3/c1-2-11(1)14(12-3-4-12)16-9-13-10-18-15(19-13)5-7-17-8-6-15/h11-14,16H,1-10H2. The first-order chi connectivity index (χ1) is 9.35. The monoisotopic (exact) mass is 267 g/mol. The Morgan fingerprint density at radius 3 is 2.37 bits per heavy atom. The van der Waals surface area contributed by atoms with Crippen molar-refractivity contribution >= 4 is 0 Å². The lowest BCUT2D eigenvalue weighted by atomic mass is 10.1. The van der Waals surface area contributed by atoms with Crippen LogP contribution in [0.25, 0.3) is 0 Å². The van der Waals surface area contributed by atoms with Gasteiger partial charge in [-0.2, -0.15) is 0 Å². The van der Waals surface area contributed by atoms with Crippen molar-refractivity contribution in [1.29, 1.82) is 0 Å². The van der Waals surface area contributed by atoms with E-state index < -0.39 is 0 Å². The summed E-state index contributed by atoms with van der Waals surface area (Å²) in [5.74, 6) is 1.58. The Labute approximate surface area is 115 Å². The third-order valence-corrected chi connectivity index (χ3v) is 5.01. The van der Waals surface area contributed by atoms with Crippen LogP contribution in [0, 0.1) is 11.8 Å². The number of ether oxygens (including phenoxy) is 3. The molecule has 2 aliphatic heterocycles. The van der Waals surface area contributed by atoms with Crippen LogP contribution < -0.4 is 5.32 Å². The second-order valence-corrected chi connectivity index (χ2v) is 6.68. The van der Waals surface area contributed by atoms with Crippen molar-refractivity contribution < 1.29 is 14.2 Å². The second kappa shape index (κ2) is 4.99. The molecular weight excluding hydrogens is 242 g/mol. The van der Waals surface area contributed by atoms with E-state index in [-0.39, 0.29) is 11.9 Å². The molecule has 1 unspecified atom stereocenters. The van der Waals surface area contributed by atoms with E-state index >= 15 is 0 Å². The molecule has 2 saturated carbocycles. The normalized spacial score (nSPS) is 34.3. The minimum Gasteiger partial charge on any atom is -0.381 e. The first kappa shape index (κ1) is 12.6. The molecule has 1 N–H and O–H groups in total. The lowest BCUT2D eigenvalue weighted by molar-refractivity contribution is -0.210. The van der Waals surface area contributed by atoms with Crippen LogP contribution >= 0.6 is 0 Å². The van der Waals surface area contributed by atoms with Gasteiger partial charge in [0.1, 0.15) is 0 Å². The third kappa shape index (κ3) is 2.82. The maximum absolute atomic E-state index is 6.18. The maximum atomic E-state index is 6.18. The Hall–Kier alpha value is -0.160. The van der Waals surface area contributed by atoms with Gasteiger partial charge in [-0.25, -0.2) is 0 Å². The van der Waals surface area contributed by atoms with Gasteiger partial charge in [0, 0.05) is 25.4 Å². The van der Waals surface area contributed by atoms with E-state index in [1.165, 1.54) is 25.7 Å². The summed E-state index contributed by atoms with van der Waals surface area (Å²) in [6.07, 6.45) is 7.72. The van der Waals surface area contributed by atoms with Crippen LogP contribution in [-0.4, -0.2) is 44.3 Å². The van der Waals surface area contributed by atoms with Crippen LogP contribution in [0.3, 0.4) is 0 Å². The molecule has 19 heavy (non-hydrogen) atoms. The summed E-state index contributed by atoms with van der Waals surface area (Å²) >= 11 is 0. The fraction of sp³-hybridized carbons (Fsp3) is 1.00. The summed E-state index contributed by atoms with van der Waals surface area (Å²) in [6, 6.07) is 0.759. The van der Waals surface area contributed by atoms with Crippen molar-refractivity contribution in [3.05, 3.63) is 0 Å². The SMILES string of the molecule is C1CC2(CCO1)OCC(CNC(C1CC1)C1CC1)O2. The number of hydrogen-bond acceptors (Lipinski definition) is 4. The van der Waals surface area contributed by atoms with Crippen molar-refractivity contribution in [2.24, 2.45) is 11.8 Å². The number of nitrogens with one attached hydrogen (secondary N) is 1. The average Bonchev–Trinajstić information content (AvgIpc) is 3.33. The van der Waals surface area contributed by atoms with E-state index in [0.29, 0.717) is 0 Å². The highest BCUT2D eigenvalue weighted by molar-refractivity contribution is 4.97. The fourth-order valence-corrected chi connectivity index (χ4v) is 3.56. The lowest BCUT2D eigenvalue weighted by Gasteiger charge is -2.31. The molecule has 0 aromatic rings. The van der Waals surface area contributed by atoms with Gasteiger partial charge in [-0.3, -0.25) is 0 Å². The Kier molecular flexibility index (Phi) is 3.30. The minimum absolute atomic E-state index is 0.234. The van der Waals surface area contributed by atoms with Gasteiger partial charge in [-0.05, 0) is 37.5 Å². The molecule has 2 saturated heterocycles. The Morgan fingerprint density at radius 2 is 1.74 bits per heavy atom. The molecule has 4 fully saturated rings. The van der Waals surface area contributed by atoms with E-state index in [9.17, 15) is 0 Å². The quantitative estimate of drug-likeness (QED) is 0.823. The van der Waals surface area contributed by atoms with Crippen molar-refractivity contribution in [3.8, 4) is 0 Å². The molecule has 2 aliphatic carbocycles. The molecule has 0 aromatic carbocycles. The summed E-state index contributed by atoms with van der Waals surface area (Å²) < 4.78 is 17.5. The zero-order valence-corrected chi connectivity index (χ0v) is 11.6. The molecule has 0 amide bonds. The smallest absolute Gasteiger partial charge is 0.173 e. The Balaban J connectivity index is 1.27. The molecule has 1 spiro atoms. The van der Waals surface area contributed by atoms with Crippen LogP contribution in [-0.2, 0) is 14.2 Å². The molecule has 4 rings (SSSR count). The minimum atomic E-state index is -0.320. The fourth-order valence-electron chi connectivity index (χ4n) is 3.56. The molecule has 0 bridgehead atoms. The van der Waals surface area contributed by atoms with Crippen molar-refractivity contribution in [2.45, 2.75) is 56.5 Å². The van der Waals surface area contributed by atoms with Gasteiger partial charge in [0.05, 0.1) is 25.9 Å². The molecular formula is C15H25NO3. The third-order valence-electron chi connectivity index (χ3n) is 5.01. The van der Waals surface area contributed by atoms with Crippen molar-refractivity contribution in [1.82, 2.24) is 5.32 Å². The van der Waals surface area contributed by atoms with Crippen LogP contribution in [0.5, 0.6) is 0 Å². The van der Waals surface area contributed by atoms with Gasteiger partial charge < -0.3 is 19.5 Å². The van der Waals surface area contributed by atoms with Crippen LogP contribution in [0.15, 0.2) is 0 Å². The zero-order valence-electron chi connectivity index (χ0n) is 11.6. The van der Waals surface area contributed by atoms with E-state index in [0.717, 1.165) is 57.1 Å². The van der Waals surface area contributed by atoms with Gasteiger partial charge in [0.25, 0.3) is 0 Å². The summed E-state index contributed by atoms with van der Waals surface area (Å²) in [7, 11) is 0. The second-order valence-electron chi connectivity index (χ2n) is 6.68. The Morgan fingerprint density at radius 1 is 1.05 bits per heavy atom. The molecule has 0 aromatic heterocycles. The van der Waals surface area contributed by atoms with Crippen LogP contribution in [0.2, 0.25) is 0 Å². The van der Waals surface area contributed by atoms with Crippen LogP contribution in [0.1, 0.15) is 38.5 Å². The summed E-state index contributed by atoms with van der Waals surface area (Å²) in [5.41, 5.74) is 0. The van der Waals surface area contributed by atoms with Gasteiger partial charge in [-0.15, -0.1) is 0 Å². The highest BCUT2D eigenvalue weighted by atomic mass is 16.7. The summed E-state index contributed by atoms with van der Waals surface area (Å²) in [5, 5.41) is 3.77. The molecule has 4 heteroatoms. The molecule has 0 radical (unpaired) electrons. The molecule has 4 nitrogen and oxygen atoms in total. The van der Waals surface area contributed by atoms with Crippen molar-refractivity contribution in [3.63, 3.8) is 0 Å². The number of hydrogen-bond donors (Lipinski definition) is 1. The van der Waals surface area contributed by atoms with E-state index in [2.05, 4.69) is 5.32 Å². The van der Waals surface area contributed by atoms with Gasteiger partial charge >= 0.3 is 0 Å². The van der Waals surface area contributed by atoms with E-state index in [1.807, 2.05) is 0 Å². The largest absolute Gasteiger partial charge is 0.381 e. The molecule has 1 atom stereocenters.